The second-order valence-electron chi connectivity index (χ2n) is 5.27. The summed E-state index contributed by atoms with van der Waals surface area (Å²) in [5.74, 6) is 0.458. The number of rotatable bonds is 4. The molecular formula is C17H14N6O. The lowest BCUT2D eigenvalue weighted by atomic mass is 10.2. The Morgan fingerprint density at radius 3 is 2.79 bits per heavy atom. The lowest BCUT2D eigenvalue weighted by Crippen LogP contribution is -2.23. The van der Waals surface area contributed by atoms with E-state index in [1.807, 2.05) is 42.5 Å². The minimum Gasteiger partial charge on any atom is -0.343 e. The molecule has 3 heterocycles. The molecule has 4 rings (SSSR count). The molecule has 0 aliphatic heterocycles. The van der Waals surface area contributed by atoms with Crippen molar-refractivity contribution in [3.05, 3.63) is 66.2 Å². The minimum atomic E-state index is -0.245. The number of H-pyrrole nitrogens is 2. The number of para-hydroxylation sites is 2. The predicted octanol–water partition coefficient (Wildman–Crippen LogP) is 2.28. The number of fused-ring (bicyclic) bond motifs is 1. The van der Waals surface area contributed by atoms with Crippen LogP contribution in [0.4, 0.5) is 0 Å². The van der Waals surface area contributed by atoms with Gasteiger partial charge in [-0.2, -0.15) is 5.10 Å². The quantitative estimate of drug-likeness (QED) is 0.537. The maximum absolute atomic E-state index is 12.2. The number of hydrogen-bond donors (Lipinski definition) is 3. The Hall–Kier alpha value is -3.48. The first-order valence-corrected chi connectivity index (χ1v) is 7.48. The summed E-state index contributed by atoms with van der Waals surface area (Å²) >= 11 is 0. The monoisotopic (exact) mass is 318 g/mol. The van der Waals surface area contributed by atoms with Crippen LogP contribution in [0.15, 0.2) is 54.7 Å². The molecule has 0 spiro atoms. The zero-order chi connectivity index (χ0) is 16.4. The third kappa shape index (κ3) is 2.74. The third-order valence-corrected chi connectivity index (χ3v) is 3.60. The van der Waals surface area contributed by atoms with Crippen molar-refractivity contribution in [1.29, 1.82) is 0 Å². The predicted molar refractivity (Wildman–Crippen MR) is 89.1 cm³/mol. The van der Waals surface area contributed by atoms with E-state index in [1.54, 1.807) is 12.3 Å². The van der Waals surface area contributed by atoms with E-state index in [1.165, 1.54) is 0 Å². The maximum atomic E-state index is 12.2. The molecule has 3 aromatic heterocycles. The van der Waals surface area contributed by atoms with Crippen LogP contribution in [0.3, 0.4) is 0 Å². The van der Waals surface area contributed by atoms with E-state index in [2.05, 4.69) is 30.5 Å². The number of pyridine rings is 1. The Kier molecular flexibility index (Phi) is 3.51. The summed E-state index contributed by atoms with van der Waals surface area (Å²) in [5, 5.41) is 9.68. The highest BCUT2D eigenvalue weighted by Crippen LogP contribution is 2.14. The fourth-order valence-corrected chi connectivity index (χ4v) is 2.43. The summed E-state index contributed by atoms with van der Waals surface area (Å²) < 4.78 is 0. The molecule has 1 aromatic carbocycles. The molecule has 3 N–H and O–H groups in total. The number of benzene rings is 1. The highest BCUT2D eigenvalue weighted by atomic mass is 16.1. The van der Waals surface area contributed by atoms with E-state index in [-0.39, 0.29) is 5.91 Å². The summed E-state index contributed by atoms with van der Waals surface area (Å²) in [4.78, 5) is 24.0. The first-order valence-electron chi connectivity index (χ1n) is 7.48. The molecule has 0 fully saturated rings. The second-order valence-corrected chi connectivity index (χ2v) is 5.27. The van der Waals surface area contributed by atoms with Gasteiger partial charge in [0.05, 0.1) is 23.3 Å². The number of aromatic amines is 2. The summed E-state index contributed by atoms with van der Waals surface area (Å²) in [5.41, 5.74) is 3.54. The molecule has 0 unspecified atom stereocenters. The Labute approximate surface area is 137 Å². The topological polar surface area (TPSA) is 99.3 Å². The molecule has 0 radical (unpaired) electrons. The summed E-state index contributed by atoms with van der Waals surface area (Å²) in [7, 11) is 0. The molecule has 4 aromatic rings. The summed E-state index contributed by atoms with van der Waals surface area (Å²) in [6, 6.07) is 15.0. The highest BCUT2D eigenvalue weighted by Gasteiger charge is 2.12. The molecule has 0 saturated carbocycles. The van der Waals surface area contributed by atoms with Crippen LogP contribution in [0.5, 0.6) is 0 Å². The van der Waals surface area contributed by atoms with Crippen molar-refractivity contribution < 1.29 is 4.79 Å². The Balaban J connectivity index is 1.45. The van der Waals surface area contributed by atoms with Crippen molar-refractivity contribution in [3.8, 4) is 11.4 Å². The van der Waals surface area contributed by atoms with Crippen LogP contribution in [0.1, 0.15) is 16.3 Å². The maximum Gasteiger partial charge on any atom is 0.269 e. The molecule has 24 heavy (non-hydrogen) atoms. The zero-order valence-electron chi connectivity index (χ0n) is 12.7. The van der Waals surface area contributed by atoms with E-state index < -0.39 is 0 Å². The zero-order valence-corrected chi connectivity index (χ0v) is 12.7. The molecule has 0 aliphatic carbocycles. The van der Waals surface area contributed by atoms with Gasteiger partial charge in [-0.05, 0) is 30.3 Å². The number of nitrogens with zero attached hydrogens (tertiary/aromatic N) is 3. The van der Waals surface area contributed by atoms with Crippen LogP contribution in [0.2, 0.25) is 0 Å². The van der Waals surface area contributed by atoms with Crippen LogP contribution in [0, 0.1) is 0 Å². The fraction of sp³-hybridized carbons (Fsp3) is 0.0588. The van der Waals surface area contributed by atoms with E-state index >= 15 is 0 Å². The van der Waals surface area contributed by atoms with Crippen LogP contribution in [-0.2, 0) is 6.54 Å². The third-order valence-electron chi connectivity index (χ3n) is 3.60. The summed E-state index contributed by atoms with van der Waals surface area (Å²) in [6.45, 7) is 0.311. The van der Waals surface area contributed by atoms with Gasteiger partial charge in [0.25, 0.3) is 5.91 Å². The molecule has 7 nitrogen and oxygen atoms in total. The molecule has 7 heteroatoms. The first-order chi connectivity index (χ1) is 11.8. The second kappa shape index (κ2) is 5.96. The van der Waals surface area contributed by atoms with E-state index in [9.17, 15) is 4.79 Å². The SMILES string of the molecule is O=C(NCc1nc2ccccc2[nH]1)c1cc(-c2ccccn2)n[nH]1. The van der Waals surface area contributed by atoms with E-state index in [4.69, 9.17) is 0 Å². The van der Waals surface area contributed by atoms with Crippen molar-refractivity contribution in [2.45, 2.75) is 6.54 Å². The van der Waals surface area contributed by atoms with Gasteiger partial charge in [0.2, 0.25) is 0 Å². The normalized spacial score (nSPS) is 10.8. The van der Waals surface area contributed by atoms with Crippen molar-refractivity contribution in [2.24, 2.45) is 0 Å². The van der Waals surface area contributed by atoms with Gasteiger partial charge in [0.1, 0.15) is 17.2 Å². The molecule has 0 atom stereocenters. The van der Waals surface area contributed by atoms with E-state index in [0.29, 0.717) is 29.5 Å². The van der Waals surface area contributed by atoms with Crippen molar-refractivity contribution >= 4 is 16.9 Å². The lowest BCUT2D eigenvalue weighted by Gasteiger charge is -2.00. The number of carbonyl (C=O) groups is 1. The Morgan fingerprint density at radius 1 is 1.08 bits per heavy atom. The lowest BCUT2D eigenvalue weighted by molar-refractivity contribution is 0.0945. The van der Waals surface area contributed by atoms with Crippen molar-refractivity contribution in [1.82, 2.24) is 30.5 Å². The highest BCUT2D eigenvalue weighted by molar-refractivity contribution is 5.93. The van der Waals surface area contributed by atoms with Gasteiger partial charge < -0.3 is 10.3 Å². The Bertz CT molecular complexity index is 955. The Morgan fingerprint density at radius 2 is 1.96 bits per heavy atom. The average molecular weight is 318 g/mol. The molecule has 0 bridgehead atoms. The molecule has 1 amide bonds. The average Bonchev–Trinajstić information content (AvgIpc) is 3.27. The number of hydrogen-bond acceptors (Lipinski definition) is 4. The van der Waals surface area contributed by atoms with Crippen LogP contribution < -0.4 is 5.32 Å². The van der Waals surface area contributed by atoms with Gasteiger partial charge in [-0.3, -0.25) is 14.9 Å². The van der Waals surface area contributed by atoms with Crippen molar-refractivity contribution in [3.63, 3.8) is 0 Å². The largest absolute Gasteiger partial charge is 0.343 e. The number of carbonyl (C=O) groups excluding carboxylic acids is 1. The van der Waals surface area contributed by atoms with Gasteiger partial charge in [0, 0.05) is 6.20 Å². The first kappa shape index (κ1) is 14.1. The van der Waals surface area contributed by atoms with Crippen LogP contribution in [0.25, 0.3) is 22.4 Å². The van der Waals surface area contributed by atoms with Crippen LogP contribution in [-0.4, -0.2) is 31.1 Å². The fourth-order valence-electron chi connectivity index (χ4n) is 2.43. The minimum absolute atomic E-state index is 0.245. The standard InChI is InChI=1S/C17H14N6O/c24-17(15-9-14(22-23-15)11-5-3-4-8-18-11)19-10-16-20-12-6-1-2-7-13(12)21-16/h1-9H,10H2,(H,19,24)(H,20,21)(H,22,23). The smallest absolute Gasteiger partial charge is 0.269 e. The number of nitrogens with one attached hydrogen (secondary N) is 3. The van der Waals surface area contributed by atoms with Gasteiger partial charge >= 0.3 is 0 Å². The summed E-state index contributed by atoms with van der Waals surface area (Å²) in [6.07, 6.45) is 1.69. The van der Waals surface area contributed by atoms with E-state index in [0.717, 1.165) is 11.0 Å². The van der Waals surface area contributed by atoms with Gasteiger partial charge in [0.15, 0.2) is 0 Å². The van der Waals surface area contributed by atoms with Crippen LogP contribution >= 0.6 is 0 Å². The molecular weight excluding hydrogens is 304 g/mol. The molecule has 0 saturated heterocycles. The molecule has 0 aliphatic rings. The van der Waals surface area contributed by atoms with Crippen molar-refractivity contribution in [2.75, 3.05) is 0 Å². The molecule has 118 valence electrons. The number of amides is 1. The van der Waals surface area contributed by atoms with Gasteiger partial charge in [-0.15, -0.1) is 0 Å². The van der Waals surface area contributed by atoms with Gasteiger partial charge in [-0.25, -0.2) is 4.98 Å². The number of aromatic nitrogens is 5. The van der Waals surface area contributed by atoms with Gasteiger partial charge in [-0.1, -0.05) is 18.2 Å². The number of imidazole rings is 1.